The fraction of sp³-hybridized carbons (Fsp3) is 0.400. The van der Waals surface area contributed by atoms with Crippen molar-refractivity contribution in [2.75, 3.05) is 5.33 Å². The lowest BCUT2D eigenvalue weighted by molar-refractivity contribution is 0.588. The molecule has 2 aromatic rings. The SMILES string of the molecule is Cc1cccc(CC(CBr)Cc2nc(C)cs2)c1. The summed E-state index contributed by atoms with van der Waals surface area (Å²) in [5.41, 5.74) is 3.90. The molecule has 0 saturated heterocycles. The van der Waals surface area contributed by atoms with E-state index in [-0.39, 0.29) is 0 Å². The Morgan fingerprint density at radius 2 is 2.11 bits per heavy atom. The van der Waals surface area contributed by atoms with Gasteiger partial charge in [0.25, 0.3) is 0 Å². The minimum absolute atomic E-state index is 0.623. The Bertz CT molecular complexity index is 507. The van der Waals surface area contributed by atoms with Gasteiger partial charge in [-0.15, -0.1) is 11.3 Å². The topological polar surface area (TPSA) is 12.9 Å². The number of thiazole rings is 1. The second-order valence-electron chi connectivity index (χ2n) is 4.80. The molecule has 0 aliphatic rings. The minimum Gasteiger partial charge on any atom is -0.247 e. The maximum absolute atomic E-state index is 4.56. The smallest absolute Gasteiger partial charge is 0.0931 e. The van der Waals surface area contributed by atoms with Crippen molar-refractivity contribution in [3.63, 3.8) is 0 Å². The van der Waals surface area contributed by atoms with E-state index in [9.17, 15) is 0 Å². The molecule has 2 rings (SSSR count). The molecule has 1 atom stereocenters. The van der Waals surface area contributed by atoms with E-state index in [4.69, 9.17) is 0 Å². The maximum atomic E-state index is 4.56. The molecule has 0 bridgehead atoms. The van der Waals surface area contributed by atoms with Crippen LogP contribution < -0.4 is 0 Å². The quantitative estimate of drug-likeness (QED) is 0.735. The second kappa shape index (κ2) is 6.48. The van der Waals surface area contributed by atoms with Crippen LogP contribution in [0.5, 0.6) is 0 Å². The minimum atomic E-state index is 0.623. The number of hydrogen-bond acceptors (Lipinski definition) is 2. The molecule has 18 heavy (non-hydrogen) atoms. The Morgan fingerprint density at radius 3 is 2.72 bits per heavy atom. The Hall–Kier alpha value is -0.670. The van der Waals surface area contributed by atoms with E-state index in [1.807, 2.05) is 0 Å². The molecule has 1 unspecified atom stereocenters. The van der Waals surface area contributed by atoms with Gasteiger partial charge in [-0.25, -0.2) is 4.98 Å². The Balaban J connectivity index is 2.01. The molecule has 0 N–H and O–H groups in total. The largest absolute Gasteiger partial charge is 0.247 e. The number of alkyl halides is 1. The third-order valence-electron chi connectivity index (χ3n) is 2.95. The second-order valence-corrected chi connectivity index (χ2v) is 6.39. The van der Waals surface area contributed by atoms with E-state index in [2.05, 4.69) is 64.4 Å². The van der Waals surface area contributed by atoms with E-state index in [0.29, 0.717) is 5.92 Å². The van der Waals surface area contributed by atoms with Crippen molar-refractivity contribution in [1.82, 2.24) is 4.98 Å². The van der Waals surface area contributed by atoms with Gasteiger partial charge in [-0.1, -0.05) is 45.8 Å². The monoisotopic (exact) mass is 323 g/mol. The molecule has 0 amide bonds. The van der Waals surface area contributed by atoms with Gasteiger partial charge in [-0.2, -0.15) is 0 Å². The van der Waals surface area contributed by atoms with Crippen molar-refractivity contribution in [2.45, 2.75) is 26.7 Å². The first-order chi connectivity index (χ1) is 8.67. The summed E-state index contributed by atoms with van der Waals surface area (Å²) in [5, 5.41) is 4.41. The molecule has 1 heterocycles. The molecule has 0 radical (unpaired) electrons. The van der Waals surface area contributed by atoms with Gasteiger partial charge >= 0.3 is 0 Å². The zero-order chi connectivity index (χ0) is 13.0. The highest BCUT2D eigenvalue weighted by molar-refractivity contribution is 9.09. The van der Waals surface area contributed by atoms with E-state index < -0.39 is 0 Å². The third kappa shape index (κ3) is 3.92. The summed E-state index contributed by atoms with van der Waals surface area (Å²) in [5.74, 6) is 0.623. The van der Waals surface area contributed by atoms with Crippen molar-refractivity contribution in [1.29, 1.82) is 0 Å². The number of nitrogens with zero attached hydrogens (tertiary/aromatic N) is 1. The molecule has 96 valence electrons. The first kappa shape index (κ1) is 13.8. The molecule has 0 saturated carbocycles. The zero-order valence-electron chi connectivity index (χ0n) is 10.8. The molecule has 0 fully saturated rings. The molecule has 0 aliphatic heterocycles. The van der Waals surface area contributed by atoms with Crippen LogP contribution in [0.2, 0.25) is 0 Å². The first-order valence-electron chi connectivity index (χ1n) is 6.20. The fourth-order valence-corrected chi connectivity index (χ4v) is 3.44. The summed E-state index contributed by atoms with van der Waals surface area (Å²) in [4.78, 5) is 4.56. The van der Waals surface area contributed by atoms with Crippen LogP contribution in [0, 0.1) is 19.8 Å². The lowest BCUT2D eigenvalue weighted by atomic mass is 9.97. The van der Waals surface area contributed by atoms with Crippen molar-refractivity contribution in [2.24, 2.45) is 5.92 Å². The van der Waals surface area contributed by atoms with Gasteiger partial charge in [-0.3, -0.25) is 0 Å². The normalized spacial score (nSPS) is 12.6. The lowest BCUT2D eigenvalue weighted by Crippen LogP contribution is -2.10. The fourth-order valence-electron chi connectivity index (χ4n) is 2.10. The van der Waals surface area contributed by atoms with E-state index in [1.54, 1.807) is 11.3 Å². The molecule has 3 heteroatoms. The van der Waals surface area contributed by atoms with Crippen LogP contribution in [-0.2, 0) is 12.8 Å². The van der Waals surface area contributed by atoms with Gasteiger partial charge < -0.3 is 0 Å². The summed E-state index contributed by atoms with van der Waals surface area (Å²) in [7, 11) is 0. The Kier molecular flexibility index (Phi) is 4.95. The number of benzene rings is 1. The molecule has 1 aromatic heterocycles. The van der Waals surface area contributed by atoms with Crippen LogP contribution in [0.25, 0.3) is 0 Å². The number of rotatable bonds is 5. The molecule has 1 nitrogen and oxygen atoms in total. The summed E-state index contributed by atoms with van der Waals surface area (Å²) < 4.78 is 0. The van der Waals surface area contributed by atoms with Crippen LogP contribution >= 0.6 is 27.3 Å². The third-order valence-corrected chi connectivity index (χ3v) is 4.86. The molecule has 0 aliphatic carbocycles. The number of halogens is 1. The Labute approximate surface area is 121 Å². The van der Waals surface area contributed by atoms with Crippen molar-refractivity contribution in [3.8, 4) is 0 Å². The zero-order valence-corrected chi connectivity index (χ0v) is 13.2. The number of hydrogen-bond donors (Lipinski definition) is 0. The van der Waals surface area contributed by atoms with Crippen LogP contribution in [0.3, 0.4) is 0 Å². The van der Waals surface area contributed by atoms with Gasteiger partial charge in [0, 0.05) is 22.8 Å². The van der Waals surface area contributed by atoms with E-state index in [1.165, 1.54) is 16.1 Å². The summed E-state index contributed by atoms with van der Waals surface area (Å²) in [6.07, 6.45) is 2.18. The van der Waals surface area contributed by atoms with Crippen molar-refractivity contribution < 1.29 is 0 Å². The standard InChI is InChI=1S/C15H18BrNS/c1-11-4-3-5-13(6-11)7-14(9-16)8-15-17-12(2)10-18-15/h3-6,10,14H,7-9H2,1-2H3. The first-order valence-corrected chi connectivity index (χ1v) is 8.20. The lowest BCUT2D eigenvalue weighted by Gasteiger charge is -2.12. The van der Waals surface area contributed by atoms with Gasteiger partial charge in [0.2, 0.25) is 0 Å². The van der Waals surface area contributed by atoms with Crippen LogP contribution in [0.4, 0.5) is 0 Å². The highest BCUT2D eigenvalue weighted by Gasteiger charge is 2.11. The van der Waals surface area contributed by atoms with E-state index >= 15 is 0 Å². The predicted molar refractivity (Wildman–Crippen MR) is 82.7 cm³/mol. The molecule has 0 spiro atoms. The number of aromatic nitrogens is 1. The van der Waals surface area contributed by atoms with Crippen molar-refractivity contribution >= 4 is 27.3 Å². The van der Waals surface area contributed by atoms with Crippen LogP contribution in [0.1, 0.15) is 21.8 Å². The van der Waals surface area contributed by atoms with Crippen LogP contribution in [0.15, 0.2) is 29.6 Å². The average Bonchev–Trinajstić information content (AvgIpc) is 2.74. The van der Waals surface area contributed by atoms with E-state index in [0.717, 1.165) is 23.9 Å². The molecule has 1 aromatic carbocycles. The van der Waals surface area contributed by atoms with Gasteiger partial charge in [0.05, 0.1) is 5.01 Å². The highest BCUT2D eigenvalue weighted by atomic mass is 79.9. The number of aryl methyl sites for hydroxylation is 2. The summed E-state index contributed by atoms with van der Waals surface area (Å²) in [6.45, 7) is 4.21. The van der Waals surface area contributed by atoms with Gasteiger partial charge in [0.15, 0.2) is 0 Å². The average molecular weight is 324 g/mol. The van der Waals surface area contributed by atoms with Crippen molar-refractivity contribution in [3.05, 3.63) is 51.5 Å². The molecular weight excluding hydrogens is 306 g/mol. The summed E-state index contributed by atoms with van der Waals surface area (Å²) >= 11 is 5.41. The maximum Gasteiger partial charge on any atom is 0.0931 e. The predicted octanol–water partition coefficient (Wildman–Crippen LogP) is 4.56. The van der Waals surface area contributed by atoms with Gasteiger partial charge in [-0.05, 0) is 31.7 Å². The molecular formula is C15H18BrNS. The highest BCUT2D eigenvalue weighted by Crippen LogP contribution is 2.20. The summed E-state index contributed by atoms with van der Waals surface area (Å²) in [6, 6.07) is 8.79. The van der Waals surface area contributed by atoms with Crippen LogP contribution in [-0.4, -0.2) is 10.3 Å². The van der Waals surface area contributed by atoms with Gasteiger partial charge in [0.1, 0.15) is 0 Å². The Morgan fingerprint density at radius 1 is 1.28 bits per heavy atom.